The summed E-state index contributed by atoms with van der Waals surface area (Å²) in [5.74, 6) is 0.366. The minimum atomic E-state index is -4.37. The second kappa shape index (κ2) is 6.12. The van der Waals surface area contributed by atoms with Crippen molar-refractivity contribution >= 4 is 28.4 Å². The van der Waals surface area contributed by atoms with Crippen molar-refractivity contribution in [2.45, 2.75) is 12.7 Å². The average molecular weight is 347 g/mol. The fourth-order valence-electron chi connectivity index (χ4n) is 2.60. The molecule has 0 fully saturated rings. The summed E-state index contributed by atoms with van der Waals surface area (Å²) < 4.78 is 38.6. The van der Waals surface area contributed by atoms with Crippen LogP contribution in [0.1, 0.15) is 11.1 Å². The zero-order chi connectivity index (χ0) is 18.2. The molecule has 1 aromatic heterocycles. The van der Waals surface area contributed by atoms with Crippen LogP contribution in [0.3, 0.4) is 0 Å². The Morgan fingerprint density at radius 1 is 1.04 bits per heavy atom. The maximum atomic E-state index is 12.9. The molecule has 0 saturated heterocycles. The van der Waals surface area contributed by atoms with E-state index < -0.39 is 11.7 Å². The predicted octanol–water partition coefficient (Wildman–Crippen LogP) is 3.45. The summed E-state index contributed by atoms with van der Waals surface area (Å²) in [6.45, 7) is 0.404. The van der Waals surface area contributed by atoms with Crippen LogP contribution in [0.25, 0.3) is 10.9 Å². The fourth-order valence-corrected chi connectivity index (χ4v) is 2.60. The number of alkyl halides is 3. The van der Waals surface area contributed by atoms with Crippen LogP contribution in [0.2, 0.25) is 0 Å². The topological polar surface area (TPSA) is 81.1 Å². The third-order valence-corrected chi connectivity index (χ3v) is 3.84. The molecule has 0 aliphatic heterocycles. The molecule has 25 heavy (non-hydrogen) atoms. The van der Waals surface area contributed by atoms with Crippen molar-refractivity contribution < 1.29 is 13.2 Å². The molecule has 0 bridgehead atoms. The molecule has 0 saturated carbocycles. The Morgan fingerprint density at radius 3 is 2.52 bits per heavy atom. The smallest absolute Gasteiger partial charge is 0.383 e. The van der Waals surface area contributed by atoms with E-state index in [4.69, 9.17) is 11.5 Å². The second-order valence-corrected chi connectivity index (χ2v) is 5.72. The van der Waals surface area contributed by atoms with Crippen LogP contribution < -0.4 is 16.4 Å². The van der Waals surface area contributed by atoms with Gasteiger partial charge < -0.3 is 16.4 Å². The van der Waals surface area contributed by atoms with E-state index in [2.05, 4.69) is 9.97 Å². The van der Waals surface area contributed by atoms with Crippen LogP contribution in [0.4, 0.5) is 30.6 Å². The Morgan fingerprint density at radius 2 is 1.80 bits per heavy atom. The van der Waals surface area contributed by atoms with E-state index in [-0.39, 0.29) is 11.8 Å². The largest absolute Gasteiger partial charge is 0.416 e. The highest BCUT2D eigenvalue weighted by atomic mass is 19.4. The molecule has 4 N–H and O–H groups in total. The molecule has 0 radical (unpaired) electrons. The van der Waals surface area contributed by atoms with Gasteiger partial charge in [0.1, 0.15) is 5.82 Å². The number of hydrogen-bond acceptors (Lipinski definition) is 5. The summed E-state index contributed by atoms with van der Waals surface area (Å²) in [5.41, 5.74) is 12.7. The van der Waals surface area contributed by atoms with Gasteiger partial charge in [0.15, 0.2) is 0 Å². The highest BCUT2D eigenvalue weighted by molar-refractivity contribution is 5.89. The average Bonchev–Trinajstić information content (AvgIpc) is 2.54. The Labute approximate surface area is 142 Å². The molecule has 0 spiro atoms. The summed E-state index contributed by atoms with van der Waals surface area (Å²) in [6, 6.07) is 10.6. The number of nitrogen functional groups attached to an aromatic ring is 2. The number of benzene rings is 2. The van der Waals surface area contributed by atoms with Crippen LogP contribution in [0.15, 0.2) is 42.5 Å². The third-order valence-electron chi connectivity index (χ3n) is 3.84. The first kappa shape index (κ1) is 16.8. The zero-order valence-corrected chi connectivity index (χ0v) is 13.4. The van der Waals surface area contributed by atoms with Gasteiger partial charge in [-0.15, -0.1) is 0 Å². The van der Waals surface area contributed by atoms with Crippen molar-refractivity contribution in [2.24, 2.45) is 0 Å². The number of halogens is 3. The van der Waals surface area contributed by atoms with Gasteiger partial charge in [-0.25, -0.2) is 4.98 Å². The number of nitrogens with two attached hydrogens (primary N) is 2. The zero-order valence-electron chi connectivity index (χ0n) is 13.4. The molecule has 3 aromatic rings. The summed E-state index contributed by atoms with van der Waals surface area (Å²) in [6.07, 6.45) is -4.37. The van der Waals surface area contributed by atoms with Crippen LogP contribution in [-0.2, 0) is 12.7 Å². The maximum absolute atomic E-state index is 12.9. The maximum Gasteiger partial charge on any atom is 0.416 e. The summed E-state index contributed by atoms with van der Waals surface area (Å²) in [4.78, 5) is 9.75. The number of aromatic nitrogens is 2. The van der Waals surface area contributed by atoms with Crippen LogP contribution >= 0.6 is 0 Å². The van der Waals surface area contributed by atoms with Crippen LogP contribution in [-0.4, -0.2) is 17.0 Å². The summed E-state index contributed by atoms with van der Waals surface area (Å²) >= 11 is 0. The Kier molecular flexibility index (Phi) is 4.12. The molecular weight excluding hydrogens is 331 g/mol. The first-order chi connectivity index (χ1) is 11.7. The van der Waals surface area contributed by atoms with Gasteiger partial charge in [0.25, 0.3) is 0 Å². The molecule has 5 nitrogen and oxygen atoms in total. The van der Waals surface area contributed by atoms with Gasteiger partial charge in [0.05, 0.1) is 11.1 Å². The van der Waals surface area contributed by atoms with E-state index in [0.29, 0.717) is 23.1 Å². The van der Waals surface area contributed by atoms with Gasteiger partial charge in [-0.1, -0.05) is 12.1 Å². The molecule has 0 unspecified atom stereocenters. The molecule has 0 amide bonds. The highest BCUT2D eigenvalue weighted by Crippen LogP contribution is 2.32. The SMILES string of the molecule is CN(Cc1ccc2nc(N)nc(N)c2c1)c1cccc(C(F)(F)F)c1. The molecule has 0 aliphatic rings. The lowest BCUT2D eigenvalue weighted by molar-refractivity contribution is -0.137. The lowest BCUT2D eigenvalue weighted by Crippen LogP contribution is -2.17. The molecule has 0 aliphatic carbocycles. The highest BCUT2D eigenvalue weighted by Gasteiger charge is 2.30. The standard InChI is InChI=1S/C17H16F3N5/c1-25(12-4-2-3-11(8-12)17(18,19)20)9-10-5-6-14-13(7-10)15(21)24-16(22)23-14/h2-8H,9H2,1H3,(H4,21,22,23,24). The van der Waals surface area contributed by atoms with Gasteiger partial charge in [0, 0.05) is 24.7 Å². The number of hydrogen-bond donors (Lipinski definition) is 2. The number of nitrogens with zero attached hydrogens (tertiary/aromatic N) is 3. The van der Waals surface area contributed by atoms with E-state index in [0.717, 1.165) is 17.7 Å². The number of anilines is 3. The van der Waals surface area contributed by atoms with Crippen molar-refractivity contribution in [1.29, 1.82) is 0 Å². The Balaban J connectivity index is 1.88. The Hall–Kier alpha value is -3.03. The minimum Gasteiger partial charge on any atom is -0.383 e. The van der Waals surface area contributed by atoms with Crippen LogP contribution in [0.5, 0.6) is 0 Å². The quantitative estimate of drug-likeness (QED) is 0.758. The number of fused-ring (bicyclic) bond motifs is 1. The van der Waals surface area contributed by atoms with E-state index in [1.165, 1.54) is 6.07 Å². The lowest BCUT2D eigenvalue weighted by atomic mass is 10.1. The molecule has 0 atom stereocenters. The van der Waals surface area contributed by atoms with E-state index in [1.54, 1.807) is 24.1 Å². The van der Waals surface area contributed by atoms with Crippen molar-refractivity contribution in [3.63, 3.8) is 0 Å². The fraction of sp³-hybridized carbons (Fsp3) is 0.176. The first-order valence-corrected chi connectivity index (χ1v) is 7.44. The van der Waals surface area contributed by atoms with E-state index >= 15 is 0 Å². The first-order valence-electron chi connectivity index (χ1n) is 7.44. The van der Waals surface area contributed by atoms with E-state index in [1.807, 2.05) is 12.1 Å². The van der Waals surface area contributed by atoms with Gasteiger partial charge in [-0.05, 0) is 35.9 Å². The predicted molar refractivity (Wildman–Crippen MR) is 91.9 cm³/mol. The molecule has 2 aromatic carbocycles. The van der Waals surface area contributed by atoms with Crippen molar-refractivity contribution in [2.75, 3.05) is 23.4 Å². The summed E-state index contributed by atoms with van der Waals surface area (Å²) in [5, 5.41) is 0.657. The third kappa shape index (κ3) is 3.57. The van der Waals surface area contributed by atoms with Crippen molar-refractivity contribution in [3.05, 3.63) is 53.6 Å². The molecule has 8 heteroatoms. The van der Waals surface area contributed by atoms with Gasteiger partial charge in [-0.2, -0.15) is 18.2 Å². The normalized spacial score (nSPS) is 11.7. The molecule has 3 rings (SSSR count). The van der Waals surface area contributed by atoms with Crippen molar-refractivity contribution in [1.82, 2.24) is 9.97 Å². The molecule has 1 heterocycles. The van der Waals surface area contributed by atoms with Crippen LogP contribution in [0, 0.1) is 0 Å². The summed E-state index contributed by atoms with van der Waals surface area (Å²) in [7, 11) is 1.72. The second-order valence-electron chi connectivity index (χ2n) is 5.72. The Bertz CT molecular complexity index is 924. The monoisotopic (exact) mass is 347 g/mol. The van der Waals surface area contributed by atoms with Gasteiger partial charge in [0.2, 0.25) is 5.95 Å². The minimum absolute atomic E-state index is 0.0961. The van der Waals surface area contributed by atoms with Gasteiger partial charge in [-0.3, -0.25) is 0 Å². The molecular formula is C17H16F3N5. The number of rotatable bonds is 3. The lowest BCUT2D eigenvalue weighted by Gasteiger charge is -2.21. The van der Waals surface area contributed by atoms with Crippen molar-refractivity contribution in [3.8, 4) is 0 Å². The van der Waals surface area contributed by atoms with E-state index in [9.17, 15) is 13.2 Å². The van der Waals surface area contributed by atoms with Gasteiger partial charge >= 0.3 is 6.18 Å². The molecule has 130 valence electrons.